The van der Waals surface area contributed by atoms with Crippen LogP contribution in [-0.4, -0.2) is 19.7 Å². The third-order valence-electron chi connectivity index (χ3n) is 5.41. The van der Waals surface area contributed by atoms with Gasteiger partial charge in [-0.3, -0.25) is 4.68 Å². The Balaban J connectivity index is 1.99. The van der Waals surface area contributed by atoms with Gasteiger partial charge in [0.05, 0.1) is 11.3 Å². The van der Waals surface area contributed by atoms with E-state index >= 15 is 0 Å². The van der Waals surface area contributed by atoms with Crippen molar-refractivity contribution in [1.29, 1.82) is 0 Å². The predicted molar refractivity (Wildman–Crippen MR) is 101 cm³/mol. The molecule has 0 amide bonds. The van der Waals surface area contributed by atoms with E-state index in [1.54, 1.807) is 0 Å². The van der Waals surface area contributed by atoms with Gasteiger partial charge < -0.3 is 0 Å². The molecule has 1 aromatic carbocycles. The summed E-state index contributed by atoms with van der Waals surface area (Å²) in [7, 11) is 0. The zero-order valence-corrected chi connectivity index (χ0v) is 16.3. The van der Waals surface area contributed by atoms with E-state index in [1.165, 1.54) is 12.4 Å². The standard InChI is InChI=1S/C20H20ClF3N4/c1-3-13(11-5-6-11)18-16(17-19(26-10-25-17)27-28(18)4-2)14-8-7-12(9-15(14)21)20(22,23)24/h7-11,13H,3-6H2,1-2H3. The lowest BCUT2D eigenvalue weighted by atomic mass is 9.88. The Kier molecular flexibility index (Phi) is 4.81. The van der Waals surface area contributed by atoms with Crippen LogP contribution >= 0.6 is 11.6 Å². The van der Waals surface area contributed by atoms with Crippen molar-refractivity contribution in [2.75, 3.05) is 0 Å². The molecule has 28 heavy (non-hydrogen) atoms. The van der Waals surface area contributed by atoms with Gasteiger partial charge >= 0.3 is 6.18 Å². The van der Waals surface area contributed by atoms with E-state index in [-0.39, 0.29) is 10.9 Å². The van der Waals surface area contributed by atoms with Crippen molar-refractivity contribution in [3.63, 3.8) is 0 Å². The van der Waals surface area contributed by atoms with Crippen LogP contribution in [0.4, 0.5) is 13.2 Å². The van der Waals surface area contributed by atoms with E-state index in [0.29, 0.717) is 29.5 Å². The molecule has 148 valence electrons. The van der Waals surface area contributed by atoms with E-state index in [9.17, 15) is 13.2 Å². The Morgan fingerprint density at radius 3 is 2.54 bits per heavy atom. The Morgan fingerprint density at radius 1 is 1.21 bits per heavy atom. The van der Waals surface area contributed by atoms with E-state index in [0.717, 1.165) is 42.7 Å². The van der Waals surface area contributed by atoms with Crippen LogP contribution in [0, 0.1) is 5.92 Å². The number of benzene rings is 1. The quantitative estimate of drug-likeness (QED) is 0.516. The summed E-state index contributed by atoms with van der Waals surface area (Å²) in [5.74, 6) is 1.28. The lowest BCUT2D eigenvalue weighted by molar-refractivity contribution is -0.137. The van der Waals surface area contributed by atoms with Crippen LogP contribution in [0.5, 0.6) is 0 Å². The molecule has 1 fully saturated rings. The van der Waals surface area contributed by atoms with Gasteiger partial charge in [-0.25, -0.2) is 9.97 Å². The highest BCUT2D eigenvalue weighted by atomic mass is 35.5. The van der Waals surface area contributed by atoms with Crippen LogP contribution in [-0.2, 0) is 12.7 Å². The van der Waals surface area contributed by atoms with E-state index in [4.69, 9.17) is 11.6 Å². The smallest absolute Gasteiger partial charge is 0.267 e. The van der Waals surface area contributed by atoms with E-state index in [1.807, 2.05) is 11.6 Å². The van der Waals surface area contributed by atoms with Gasteiger partial charge in [-0.05, 0) is 44.2 Å². The molecule has 1 aromatic rings. The second-order valence-electron chi connectivity index (χ2n) is 7.17. The lowest BCUT2D eigenvalue weighted by Crippen LogP contribution is -2.18. The largest absolute Gasteiger partial charge is 0.416 e. The Labute approximate surface area is 166 Å². The first-order valence-electron chi connectivity index (χ1n) is 9.43. The van der Waals surface area contributed by atoms with Crippen LogP contribution in [0.2, 0.25) is 5.02 Å². The molecule has 4 rings (SSSR count). The Morgan fingerprint density at radius 2 is 1.96 bits per heavy atom. The molecule has 1 aliphatic carbocycles. The van der Waals surface area contributed by atoms with Crippen LogP contribution in [0.1, 0.15) is 50.3 Å². The summed E-state index contributed by atoms with van der Waals surface area (Å²) in [5.41, 5.74) is 2.10. The number of fused-ring (bicyclic) bond motifs is 1. The second kappa shape index (κ2) is 7.03. The maximum absolute atomic E-state index is 13.1. The van der Waals surface area contributed by atoms with Gasteiger partial charge in [-0.2, -0.15) is 18.3 Å². The van der Waals surface area contributed by atoms with Crippen molar-refractivity contribution < 1.29 is 13.2 Å². The number of aryl methyl sites for hydroxylation is 1. The van der Waals surface area contributed by atoms with E-state index < -0.39 is 11.7 Å². The van der Waals surface area contributed by atoms with Crippen LogP contribution < -0.4 is 0 Å². The summed E-state index contributed by atoms with van der Waals surface area (Å²) in [4.78, 5) is 8.59. The zero-order chi connectivity index (χ0) is 20.1. The molecule has 3 aliphatic rings. The highest BCUT2D eigenvalue weighted by molar-refractivity contribution is 6.33. The number of hydrogen-bond donors (Lipinski definition) is 0. The minimum absolute atomic E-state index is 0.0554. The number of aromatic nitrogens is 4. The van der Waals surface area contributed by atoms with Crippen LogP contribution in [0.3, 0.4) is 0 Å². The maximum Gasteiger partial charge on any atom is 0.416 e. The number of nitrogens with zero attached hydrogens (tertiary/aromatic N) is 4. The van der Waals surface area contributed by atoms with Crippen molar-refractivity contribution in [3.8, 4) is 22.6 Å². The first-order chi connectivity index (χ1) is 13.3. The summed E-state index contributed by atoms with van der Waals surface area (Å²) in [6.45, 7) is 4.76. The number of alkyl halides is 3. The van der Waals surface area contributed by atoms with Gasteiger partial charge in [0.2, 0.25) is 0 Å². The summed E-state index contributed by atoms with van der Waals surface area (Å²) in [6, 6.07) is 3.50. The molecule has 2 heterocycles. The molecule has 2 aliphatic heterocycles. The number of rotatable bonds is 5. The highest BCUT2D eigenvalue weighted by Gasteiger charge is 2.37. The van der Waals surface area contributed by atoms with Gasteiger partial charge in [0.1, 0.15) is 12.0 Å². The third kappa shape index (κ3) is 3.26. The monoisotopic (exact) mass is 408 g/mol. The van der Waals surface area contributed by atoms with Crippen molar-refractivity contribution in [1.82, 2.24) is 19.7 Å². The third-order valence-corrected chi connectivity index (χ3v) is 5.73. The van der Waals surface area contributed by atoms with Crippen LogP contribution in [0.25, 0.3) is 22.6 Å². The SMILES string of the molecule is CCC(c1c(-c2ccc(C(F)(F)F)cc2Cl)c2ncnc-2nn1CC)C1CC1. The lowest BCUT2D eigenvalue weighted by Gasteiger charge is -2.25. The molecule has 8 heteroatoms. The molecule has 0 saturated heterocycles. The topological polar surface area (TPSA) is 43.6 Å². The van der Waals surface area contributed by atoms with Crippen molar-refractivity contribution >= 4 is 11.6 Å². The zero-order valence-electron chi connectivity index (χ0n) is 15.6. The first-order valence-corrected chi connectivity index (χ1v) is 9.81. The summed E-state index contributed by atoms with van der Waals surface area (Å²) in [6.07, 6.45) is 0.195. The molecular formula is C20H20ClF3N4. The minimum atomic E-state index is -4.44. The summed E-state index contributed by atoms with van der Waals surface area (Å²) in [5, 5.41) is 4.68. The van der Waals surface area contributed by atoms with Gasteiger partial charge in [-0.15, -0.1) is 0 Å². The fraction of sp³-hybridized carbons (Fsp3) is 0.450. The van der Waals surface area contributed by atoms with Gasteiger partial charge in [0.25, 0.3) is 0 Å². The predicted octanol–water partition coefficient (Wildman–Crippen LogP) is 6.04. The highest BCUT2D eigenvalue weighted by Crippen LogP contribution is 2.49. The van der Waals surface area contributed by atoms with Crippen molar-refractivity contribution in [2.24, 2.45) is 5.92 Å². The fourth-order valence-electron chi connectivity index (χ4n) is 3.95. The average Bonchev–Trinajstić information content (AvgIpc) is 3.38. The van der Waals surface area contributed by atoms with Crippen molar-refractivity contribution in [3.05, 3.63) is 40.8 Å². The average molecular weight is 409 g/mol. The molecule has 4 nitrogen and oxygen atoms in total. The first kappa shape index (κ1) is 19.2. The van der Waals surface area contributed by atoms with Gasteiger partial charge in [0, 0.05) is 28.6 Å². The van der Waals surface area contributed by atoms with Crippen LogP contribution in [0.15, 0.2) is 24.5 Å². The fourth-order valence-corrected chi connectivity index (χ4v) is 4.23. The molecule has 0 N–H and O–H groups in total. The van der Waals surface area contributed by atoms with E-state index in [2.05, 4.69) is 22.0 Å². The number of halogens is 4. The molecule has 1 saturated carbocycles. The number of hydrogen-bond acceptors (Lipinski definition) is 3. The minimum Gasteiger partial charge on any atom is -0.267 e. The Hall–Kier alpha value is -2.15. The molecule has 1 unspecified atom stereocenters. The van der Waals surface area contributed by atoms with Crippen molar-refractivity contribution in [2.45, 2.75) is 51.7 Å². The molecule has 0 spiro atoms. The molecule has 0 bridgehead atoms. The summed E-state index contributed by atoms with van der Waals surface area (Å²) < 4.78 is 41.2. The molecule has 0 aromatic heterocycles. The maximum atomic E-state index is 13.1. The van der Waals surface area contributed by atoms with Gasteiger partial charge in [0.15, 0.2) is 5.82 Å². The Bertz CT molecular complexity index is 978. The second-order valence-corrected chi connectivity index (χ2v) is 7.57. The normalized spacial score (nSPS) is 15.9. The molecule has 1 atom stereocenters. The van der Waals surface area contributed by atoms with Gasteiger partial charge in [-0.1, -0.05) is 24.6 Å². The molecular weight excluding hydrogens is 389 g/mol. The number of imidazole rings is 1. The molecule has 0 radical (unpaired) electrons. The summed E-state index contributed by atoms with van der Waals surface area (Å²) >= 11 is 6.37.